The Morgan fingerprint density at radius 1 is 1.00 bits per heavy atom. The molecule has 1 amide bonds. The highest BCUT2D eigenvalue weighted by molar-refractivity contribution is 7.89. The van der Waals surface area contributed by atoms with Gasteiger partial charge in [0.1, 0.15) is 0 Å². The maximum Gasteiger partial charge on any atom is 0.243 e. The summed E-state index contributed by atoms with van der Waals surface area (Å²) in [5, 5.41) is 0. The molecular formula is C20H30N2O3S. The Hall–Kier alpha value is -1.40. The zero-order valence-corrected chi connectivity index (χ0v) is 16.8. The molecule has 0 aliphatic carbocycles. The van der Waals surface area contributed by atoms with Gasteiger partial charge in [0.05, 0.1) is 10.8 Å². The first-order chi connectivity index (χ1) is 12.3. The van der Waals surface area contributed by atoms with Crippen LogP contribution in [0.2, 0.25) is 0 Å². The van der Waals surface area contributed by atoms with E-state index in [-0.39, 0.29) is 23.9 Å². The van der Waals surface area contributed by atoms with Gasteiger partial charge in [-0.15, -0.1) is 0 Å². The van der Waals surface area contributed by atoms with Crippen LogP contribution in [0.1, 0.15) is 51.5 Å². The van der Waals surface area contributed by atoms with Crippen LogP contribution in [0.3, 0.4) is 0 Å². The number of carbonyl (C=O) groups is 1. The Morgan fingerprint density at radius 2 is 1.62 bits per heavy atom. The standard InChI is InChI=1S/C20H30N2O3S/c1-15-9-11-19(12-10-15)26(24,25)21-13-5-8-18(14-21)20(23)22-16(2)6-4-7-17(22)3/h9-12,16-18H,4-8,13-14H2,1-3H3/t16-,17+,18-/m1/s1. The monoisotopic (exact) mass is 378 g/mol. The second kappa shape index (κ2) is 7.69. The summed E-state index contributed by atoms with van der Waals surface area (Å²) >= 11 is 0. The Balaban J connectivity index is 1.76. The zero-order valence-electron chi connectivity index (χ0n) is 16.0. The number of likely N-dealkylation sites (tertiary alicyclic amines) is 1. The number of piperidine rings is 2. The molecule has 0 saturated carbocycles. The Bertz CT molecular complexity index is 735. The summed E-state index contributed by atoms with van der Waals surface area (Å²) in [5.41, 5.74) is 1.03. The van der Waals surface area contributed by atoms with Crippen LogP contribution in [0.25, 0.3) is 0 Å². The molecule has 1 aromatic rings. The Labute approximate surface area is 157 Å². The molecule has 0 spiro atoms. The van der Waals surface area contributed by atoms with Gasteiger partial charge in [0.2, 0.25) is 15.9 Å². The van der Waals surface area contributed by atoms with E-state index in [2.05, 4.69) is 13.8 Å². The summed E-state index contributed by atoms with van der Waals surface area (Å²) < 4.78 is 27.4. The van der Waals surface area contributed by atoms with E-state index in [0.29, 0.717) is 18.0 Å². The highest BCUT2D eigenvalue weighted by Gasteiger charge is 2.38. The molecule has 0 N–H and O–H groups in total. The molecule has 144 valence electrons. The van der Waals surface area contributed by atoms with Crippen LogP contribution < -0.4 is 0 Å². The lowest BCUT2D eigenvalue weighted by Gasteiger charge is -2.42. The number of amides is 1. The minimum absolute atomic E-state index is 0.133. The Morgan fingerprint density at radius 3 is 2.23 bits per heavy atom. The molecule has 6 heteroatoms. The van der Waals surface area contributed by atoms with E-state index in [1.165, 1.54) is 4.31 Å². The largest absolute Gasteiger partial charge is 0.337 e. The molecule has 2 fully saturated rings. The van der Waals surface area contributed by atoms with Gasteiger partial charge < -0.3 is 4.90 Å². The summed E-state index contributed by atoms with van der Waals surface area (Å²) in [5.74, 6) is -0.0968. The van der Waals surface area contributed by atoms with Crippen molar-refractivity contribution in [2.45, 2.75) is 69.9 Å². The van der Waals surface area contributed by atoms with Gasteiger partial charge >= 0.3 is 0 Å². The quantitative estimate of drug-likeness (QED) is 0.812. The molecular weight excluding hydrogens is 348 g/mol. The van der Waals surface area contributed by atoms with Crippen LogP contribution >= 0.6 is 0 Å². The molecule has 1 aromatic carbocycles. The van der Waals surface area contributed by atoms with E-state index in [1.807, 2.05) is 24.0 Å². The van der Waals surface area contributed by atoms with Crippen LogP contribution in [0.4, 0.5) is 0 Å². The minimum atomic E-state index is -3.54. The lowest BCUT2D eigenvalue weighted by atomic mass is 9.92. The molecule has 0 radical (unpaired) electrons. The van der Waals surface area contributed by atoms with E-state index >= 15 is 0 Å². The normalized spacial score (nSPS) is 28.1. The first-order valence-corrected chi connectivity index (χ1v) is 11.1. The lowest BCUT2D eigenvalue weighted by molar-refractivity contribution is -0.143. The molecule has 5 nitrogen and oxygen atoms in total. The number of rotatable bonds is 3. The number of hydrogen-bond acceptors (Lipinski definition) is 3. The fourth-order valence-corrected chi connectivity index (χ4v) is 5.81. The van der Waals surface area contributed by atoms with Crippen molar-refractivity contribution < 1.29 is 13.2 Å². The van der Waals surface area contributed by atoms with Gasteiger partial charge in [-0.2, -0.15) is 4.31 Å². The summed E-state index contributed by atoms with van der Waals surface area (Å²) in [6, 6.07) is 7.44. The fraction of sp³-hybridized carbons (Fsp3) is 0.650. The summed E-state index contributed by atoms with van der Waals surface area (Å²) in [6.45, 7) is 6.94. The number of benzene rings is 1. The van der Waals surface area contributed by atoms with Gasteiger partial charge in [-0.25, -0.2) is 8.42 Å². The number of aryl methyl sites for hydroxylation is 1. The molecule has 0 unspecified atom stereocenters. The number of sulfonamides is 1. The molecule has 2 heterocycles. The number of nitrogens with zero attached hydrogens (tertiary/aromatic N) is 2. The fourth-order valence-electron chi connectivity index (χ4n) is 4.29. The van der Waals surface area contributed by atoms with Crippen LogP contribution in [0.5, 0.6) is 0 Å². The number of carbonyl (C=O) groups excluding carboxylic acids is 1. The topological polar surface area (TPSA) is 57.7 Å². The molecule has 3 atom stereocenters. The molecule has 2 aliphatic heterocycles. The first-order valence-electron chi connectivity index (χ1n) is 9.69. The van der Waals surface area contributed by atoms with Gasteiger partial charge in [0, 0.05) is 25.2 Å². The molecule has 0 bridgehead atoms. The van der Waals surface area contributed by atoms with Crippen LogP contribution in [0.15, 0.2) is 29.2 Å². The predicted octanol–water partition coefficient (Wildman–Crippen LogP) is 3.19. The van der Waals surface area contributed by atoms with Crippen molar-refractivity contribution in [3.05, 3.63) is 29.8 Å². The average Bonchev–Trinajstić information content (AvgIpc) is 2.62. The maximum absolute atomic E-state index is 13.1. The second-order valence-electron chi connectivity index (χ2n) is 7.89. The van der Waals surface area contributed by atoms with E-state index < -0.39 is 10.0 Å². The van der Waals surface area contributed by atoms with Crippen molar-refractivity contribution in [3.8, 4) is 0 Å². The second-order valence-corrected chi connectivity index (χ2v) is 9.83. The van der Waals surface area contributed by atoms with Crippen molar-refractivity contribution in [1.82, 2.24) is 9.21 Å². The van der Waals surface area contributed by atoms with Gasteiger partial charge in [-0.05, 0) is 65.0 Å². The third-order valence-corrected chi connectivity index (χ3v) is 7.72. The van der Waals surface area contributed by atoms with Crippen molar-refractivity contribution >= 4 is 15.9 Å². The number of hydrogen-bond donors (Lipinski definition) is 0. The molecule has 2 saturated heterocycles. The third-order valence-electron chi connectivity index (χ3n) is 5.84. The SMILES string of the molecule is Cc1ccc(S(=O)(=O)N2CCC[C@@H](C(=O)N3[C@H](C)CCC[C@@H]3C)C2)cc1. The van der Waals surface area contributed by atoms with Crippen molar-refractivity contribution in [1.29, 1.82) is 0 Å². The van der Waals surface area contributed by atoms with Gasteiger partial charge in [-0.3, -0.25) is 4.79 Å². The van der Waals surface area contributed by atoms with Crippen LogP contribution in [-0.4, -0.2) is 48.7 Å². The van der Waals surface area contributed by atoms with Crippen LogP contribution in [-0.2, 0) is 14.8 Å². The van der Waals surface area contributed by atoms with Crippen LogP contribution in [0, 0.1) is 12.8 Å². The Kier molecular flexibility index (Phi) is 5.72. The smallest absolute Gasteiger partial charge is 0.243 e. The van der Waals surface area contributed by atoms with E-state index in [4.69, 9.17) is 0 Å². The van der Waals surface area contributed by atoms with Crippen molar-refractivity contribution in [3.63, 3.8) is 0 Å². The minimum Gasteiger partial charge on any atom is -0.337 e. The lowest BCUT2D eigenvalue weighted by Crippen LogP contribution is -2.53. The highest BCUT2D eigenvalue weighted by Crippen LogP contribution is 2.29. The molecule has 0 aromatic heterocycles. The molecule has 3 rings (SSSR count). The van der Waals surface area contributed by atoms with Crippen molar-refractivity contribution in [2.24, 2.45) is 5.92 Å². The van der Waals surface area contributed by atoms with Gasteiger partial charge in [0.25, 0.3) is 0 Å². The van der Waals surface area contributed by atoms with E-state index in [9.17, 15) is 13.2 Å². The first kappa shape index (κ1) is 19.4. The average molecular weight is 379 g/mol. The summed E-state index contributed by atoms with van der Waals surface area (Å²) in [6.07, 6.45) is 4.74. The van der Waals surface area contributed by atoms with Crippen molar-refractivity contribution in [2.75, 3.05) is 13.1 Å². The highest BCUT2D eigenvalue weighted by atomic mass is 32.2. The zero-order chi connectivity index (χ0) is 18.9. The maximum atomic E-state index is 13.1. The molecule has 26 heavy (non-hydrogen) atoms. The summed E-state index contributed by atoms with van der Waals surface area (Å²) in [4.78, 5) is 15.5. The van der Waals surface area contributed by atoms with Gasteiger partial charge in [0.15, 0.2) is 0 Å². The van der Waals surface area contributed by atoms with E-state index in [0.717, 1.165) is 37.7 Å². The third kappa shape index (κ3) is 3.81. The van der Waals surface area contributed by atoms with E-state index in [1.54, 1.807) is 12.1 Å². The molecule has 2 aliphatic rings. The van der Waals surface area contributed by atoms with Gasteiger partial charge in [-0.1, -0.05) is 17.7 Å². The summed E-state index contributed by atoms with van der Waals surface area (Å²) in [7, 11) is -3.54. The predicted molar refractivity (Wildman–Crippen MR) is 102 cm³/mol.